The lowest BCUT2D eigenvalue weighted by atomic mass is 10.7. The molecule has 108 valence electrons. The van der Waals surface area contributed by atoms with Crippen molar-refractivity contribution in [3.63, 3.8) is 0 Å². The molecule has 4 heterocycles. The van der Waals surface area contributed by atoms with Gasteiger partial charge < -0.3 is 9.40 Å². The number of aromatic nitrogens is 6. The van der Waals surface area contributed by atoms with Crippen LogP contribution in [0.25, 0.3) is 0 Å². The largest absolute Gasteiger partial charge is 0.473 e. The molecule has 0 radical (unpaired) electrons. The summed E-state index contributed by atoms with van der Waals surface area (Å²) in [6.07, 6.45) is 16.7. The Morgan fingerprint density at radius 1 is 0.714 bits per heavy atom. The zero-order valence-electron chi connectivity index (χ0n) is 11.3. The summed E-state index contributed by atoms with van der Waals surface area (Å²) < 4.78 is 4.58. The second-order valence-electron chi connectivity index (χ2n) is 3.22. The Morgan fingerprint density at radius 2 is 1.52 bits per heavy atom. The number of H-pyrrole nitrogens is 2. The number of hydrogen-bond acceptors (Lipinski definition) is 5. The highest BCUT2D eigenvalue weighted by molar-refractivity contribution is 4.79. The Kier molecular flexibility index (Phi) is 9.97. The van der Waals surface area contributed by atoms with Crippen molar-refractivity contribution >= 4 is 0 Å². The van der Waals surface area contributed by atoms with Crippen molar-refractivity contribution in [1.82, 2.24) is 30.1 Å². The van der Waals surface area contributed by atoms with E-state index in [0.717, 1.165) is 0 Å². The van der Waals surface area contributed by atoms with Crippen molar-refractivity contribution in [3.05, 3.63) is 86.6 Å². The Bertz CT molecular complexity index is 422. The van der Waals surface area contributed by atoms with E-state index in [-0.39, 0.29) is 0 Å². The molecule has 0 atom stereocenters. The van der Waals surface area contributed by atoms with Gasteiger partial charge in [0, 0.05) is 37.2 Å². The molecule has 4 rings (SSSR count). The first-order chi connectivity index (χ1) is 10.5. The van der Waals surface area contributed by atoms with Gasteiger partial charge in [0.1, 0.15) is 6.33 Å². The molecule has 4 aromatic heterocycles. The summed E-state index contributed by atoms with van der Waals surface area (Å²) in [4.78, 5) is 13.8. The molecule has 0 unspecified atom stereocenters. The number of aromatic amines is 2. The van der Waals surface area contributed by atoms with Crippen LogP contribution in [0.15, 0.2) is 91.0 Å². The quantitative estimate of drug-likeness (QED) is 0.517. The minimum absolute atomic E-state index is 1.50. The van der Waals surface area contributed by atoms with E-state index in [1.165, 1.54) is 6.33 Å². The Morgan fingerprint density at radius 3 is 1.71 bits per heavy atom. The molecule has 7 nitrogen and oxygen atoms in total. The molecule has 0 aliphatic rings. The molecule has 0 saturated carbocycles. The Hall–Kier alpha value is -3.22. The third-order valence-corrected chi connectivity index (χ3v) is 1.71. The van der Waals surface area contributed by atoms with E-state index in [2.05, 4.69) is 34.6 Å². The van der Waals surface area contributed by atoms with Gasteiger partial charge in [0.15, 0.2) is 0 Å². The van der Waals surface area contributed by atoms with Crippen LogP contribution < -0.4 is 0 Å². The summed E-state index contributed by atoms with van der Waals surface area (Å²) in [6, 6.07) is 7.28. The second kappa shape index (κ2) is 13.2. The van der Waals surface area contributed by atoms with Crippen molar-refractivity contribution < 1.29 is 4.42 Å². The van der Waals surface area contributed by atoms with E-state index in [0.29, 0.717) is 0 Å². The zero-order chi connectivity index (χ0) is 14.8. The van der Waals surface area contributed by atoms with E-state index in [1.54, 1.807) is 62.1 Å². The Labute approximate surface area is 122 Å². The van der Waals surface area contributed by atoms with Gasteiger partial charge in [-0.3, -0.25) is 5.10 Å². The highest BCUT2D eigenvalue weighted by Gasteiger charge is 1.59. The summed E-state index contributed by atoms with van der Waals surface area (Å²) in [5.74, 6) is 0. The lowest BCUT2D eigenvalue weighted by Crippen LogP contribution is -1.66. The number of nitrogens with one attached hydrogen (secondary N) is 2. The molecule has 0 aromatic carbocycles. The van der Waals surface area contributed by atoms with Gasteiger partial charge in [0.05, 0.1) is 18.9 Å². The summed E-state index contributed by atoms with van der Waals surface area (Å²) in [5, 5.41) is 6.21. The van der Waals surface area contributed by atoms with Crippen LogP contribution in [0.1, 0.15) is 0 Å². The fourth-order valence-corrected chi connectivity index (χ4v) is 0.910. The monoisotopic (exact) mass is 284 g/mol. The fourth-order valence-electron chi connectivity index (χ4n) is 0.910. The van der Waals surface area contributed by atoms with Crippen LogP contribution in [-0.2, 0) is 0 Å². The molecule has 7 heteroatoms. The number of rotatable bonds is 0. The third kappa shape index (κ3) is 11.6. The summed E-state index contributed by atoms with van der Waals surface area (Å²) in [5.41, 5.74) is 0. The summed E-state index contributed by atoms with van der Waals surface area (Å²) in [7, 11) is 0. The van der Waals surface area contributed by atoms with Crippen LogP contribution in [0.3, 0.4) is 0 Å². The van der Waals surface area contributed by atoms with Gasteiger partial charge in [0.25, 0.3) is 0 Å². The highest BCUT2D eigenvalue weighted by Crippen LogP contribution is 1.79. The van der Waals surface area contributed by atoms with Gasteiger partial charge >= 0.3 is 0 Å². The topological polar surface area (TPSA) is 96.3 Å². The smallest absolute Gasteiger partial charge is 0.115 e. The first kappa shape index (κ1) is 15.8. The Balaban J connectivity index is 0.000000140. The molecule has 0 saturated heterocycles. The predicted molar refractivity (Wildman–Crippen MR) is 77.9 cm³/mol. The van der Waals surface area contributed by atoms with Crippen molar-refractivity contribution in [2.45, 2.75) is 0 Å². The number of imidazole rings is 1. The van der Waals surface area contributed by atoms with E-state index >= 15 is 0 Å². The number of nitrogens with zero attached hydrogens (tertiary/aromatic N) is 4. The average molecular weight is 284 g/mol. The van der Waals surface area contributed by atoms with Crippen LogP contribution in [0.5, 0.6) is 0 Å². The molecule has 0 spiro atoms. The number of hydrogen-bond donors (Lipinski definition) is 2. The van der Waals surface area contributed by atoms with Crippen molar-refractivity contribution in [2.24, 2.45) is 0 Å². The lowest BCUT2D eigenvalue weighted by Gasteiger charge is -1.70. The van der Waals surface area contributed by atoms with Gasteiger partial charge in [-0.15, -0.1) is 0 Å². The lowest BCUT2D eigenvalue weighted by molar-refractivity contribution is 0.567. The van der Waals surface area contributed by atoms with Crippen LogP contribution in [0.4, 0.5) is 0 Å². The van der Waals surface area contributed by atoms with E-state index in [9.17, 15) is 0 Å². The molecule has 21 heavy (non-hydrogen) atoms. The molecule has 2 N–H and O–H groups in total. The van der Waals surface area contributed by atoms with Gasteiger partial charge in [-0.25, -0.2) is 15.0 Å². The first-order valence-corrected chi connectivity index (χ1v) is 6.04. The maximum absolute atomic E-state index is 4.58. The first-order valence-electron chi connectivity index (χ1n) is 6.04. The van der Waals surface area contributed by atoms with Crippen molar-refractivity contribution in [3.8, 4) is 0 Å². The molecule has 0 aliphatic carbocycles. The van der Waals surface area contributed by atoms with E-state index < -0.39 is 0 Å². The van der Waals surface area contributed by atoms with Crippen LogP contribution >= 0.6 is 0 Å². The molecule has 0 bridgehead atoms. The van der Waals surface area contributed by atoms with Gasteiger partial charge in [-0.05, 0) is 24.3 Å². The van der Waals surface area contributed by atoms with Crippen LogP contribution in [-0.4, -0.2) is 30.1 Å². The maximum atomic E-state index is 4.58. The van der Waals surface area contributed by atoms with Crippen molar-refractivity contribution in [2.75, 3.05) is 0 Å². The van der Waals surface area contributed by atoms with Crippen LogP contribution in [0, 0.1) is 0 Å². The molecular weight excluding hydrogens is 268 g/mol. The minimum Gasteiger partial charge on any atom is -0.473 e. The molecule has 4 aromatic rings. The van der Waals surface area contributed by atoms with Gasteiger partial charge in [0.2, 0.25) is 0 Å². The summed E-state index contributed by atoms with van der Waals surface area (Å²) in [6.45, 7) is 0. The SMILES string of the molecule is c1c[nH]cn1.c1ccoc1.c1cn[nH]c1.c1cncnc1. The standard InChI is InChI=1S/C4H4N2.C4H4O.2C3H4N2/c1-2-5-4-6-3-1;1-2-4-5-3-1;1-2-5-3-4-1;1-2-4-5-3-1/h1-4H;1-4H;2*1-3H,(H,4,5). The zero-order valence-corrected chi connectivity index (χ0v) is 11.3. The minimum atomic E-state index is 1.50. The van der Waals surface area contributed by atoms with E-state index in [4.69, 9.17) is 0 Å². The molecule has 0 fully saturated rings. The highest BCUT2D eigenvalue weighted by atomic mass is 16.3. The fraction of sp³-hybridized carbons (Fsp3) is 0. The van der Waals surface area contributed by atoms with E-state index in [1.807, 2.05) is 18.2 Å². The van der Waals surface area contributed by atoms with Crippen molar-refractivity contribution in [1.29, 1.82) is 0 Å². The average Bonchev–Trinajstić information content (AvgIpc) is 3.38. The summed E-state index contributed by atoms with van der Waals surface area (Å²) >= 11 is 0. The molecule has 0 aliphatic heterocycles. The number of furan rings is 1. The van der Waals surface area contributed by atoms with Gasteiger partial charge in [-0.2, -0.15) is 5.10 Å². The van der Waals surface area contributed by atoms with Gasteiger partial charge in [-0.1, -0.05) is 0 Å². The third-order valence-electron chi connectivity index (χ3n) is 1.71. The molecular formula is C14H16N6O. The van der Waals surface area contributed by atoms with Crippen LogP contribution in [0.2, 0.25) is 0 Å². The predicted octanol–water partition coefficient (Wildman–Crippen LogP) is 2.58. The molecule has 0 amide bonds. The normalized spacial score (nSPS) is 8.00. The second-order valence-corrected chi connectivity index (χ2v) is 3.22. The maximum Gasteiger partial charge on any atom is 0.115 e.